The topological polar surface area (TPSA) is 52.7 Å². The summed E-state index contributed by atoms with van der Waals surface area (Å²) in [6.45, 7) is 5.09. The van der Waals surface area contributed by atoms with Gasteiger partial charge in [0.1, 0.15) is 0 Å². The number of para-hydroxylation sites is 1. The number of amides is 2. The zero-order valence-corrected chi connectivity index (χ0v) is 13.6. The zero-order valence-electron chi connectivity index (χ0n) is 13.6. The molecule has 1 saturated heterocycles. The summed E-state index contributed by atoms with van der Waals surface area (Å²) in [7, 11) is 1.64. The Balaban J connectivity index is 2.10. The van der Waals surface area contributed by atoms with E-state index in [2.05, 4.69) is 5.32 Å². The van der Waals surface area contributed by atoms with Crippen molar-refractivity contribution in [2.24, 2.45) is 0 Å². The van der Waals surface area contributed by atoms with Crippen molar-refractivity contribution >= 4 is 17.5 Å². The van der Waals surface area contributed by atoms with Gasteiger partial charge < -0.3 is 10.2 Å². The average molecular weight is 303 g/mol. The average Bonchev–Trinajstić information content (AvgIpc) is 2.95. The first-order valence-corrected chi connectivity index (χ1v) is 7.87. The van der Waals surface area contributed by atoms with Gasteiger partial charge in [-0.05, 0) is 45.4 Å². The molecule has 120 valence electrons. The van der Waals surface area contributed by atoms with E-state index in [0.717, 1.165) is 25.1 Å². The molecule has 0 unspecified atom stereocenters. The number of hydrogen-bond acceptors (Lipinski definition) is 3. The Labute approximate surface area is 132 Å². The van der Waals surface area contributed by atoms with Crippen LogP contribution in [0.2, 0.25) is 0 Å². The quantitative estimate of drug-likeness (QED) is 0.899. The van der Waals surface area contributed by atoms with Crippen molar-refractivity contribution in [3.05, 3.63) is 30.3 Å². The van der Waals surface area contributed by atoms with Crippen LogP contribution in [0.15, 0.2) is 30.3 Å². The maximum Gasteiger partial charge on any atom is 0.241 e. The minimum atomic E-state index is -0.182. The fraction of sp³-hybridized carbons (Fsp3) is 0.529. The van der Waals surface area contributed by atoms with Crippen molar-refractivity contribution < 1.29 is 9.59 Å². The number of likely N-dealkylation sites (N-methyl/N-ethyl adjacent to an activating group) is 1. The van der Waals surface area contributed by atoms with Gasteiger partial charge in [-0.2, -0.15) is 0 Å². The predicted molar refractivity (Wildman–Crippen MR) is 87.7 cm³/mol. The van der Waals surface area contributed by atoms with Gasteiger partial charge in [-0.15, -0.1) is 0 Å². The van der Waals surface area contributed by atoms with E-state index in [0.29, 0.717) is 0 Å². The molecule has 1 aliphatic heterocycles. The normalized spacial score (nSPS) is 18.5. The van der Waals surface area contributed by atoms with Gasteiger partial charge >= 0.3 is 0 Å². The van der Waals surface area contributed by atoms with Crippen LogP contribution < -0.4 is 10.2 Å². The molecule has 1 aromatic rings. The molecular formula is C17H25N3O2. The van der Waals surface area contributed by atoms with E-state index in [1.165, 1.54) is 0 Å². The van der Waals surface area contributed by atoms with Gasteiger partial charge in [-0.1, -0.05) is 18.2 Å². The van der Waals surface area contributed by atoms with Crippen LogP contribution in [0.4, 0.5) is 5.69 Å². The van der Waals surface area contributed by atoms with Crippen LogP contribution in [0, 0.1) is 0 Å². The maximum absolute atomic E-state index is 12.8. The minimum absolute atomic E-state index is 0.00103. The molecular weight excluding hydrogens is 278 g/mol. The molecule has 1 aliphatic rings. The first-order chi connectivity index (χ1) is 10.5. The lowest BCUT2D eigenvalue weighted by Gasteiger charge is -2.30. The molecule has 5 heteroatoms. The third-order valence-electron chi connectivity index (χ3n) is 4.07. The molecule has 2 amide bonds. The summed E-state index contributed by atoms with van der Waals surface area (Å²) in [4.78, 5) is 28.4. The van der Waals surface area contributed by atoms with Crippen LogP contribution in [0.25, 0.3) is 0 Å². The highest BCUT2D eigenvalue weighted by Gasteiger charge is 2.32. The first-order valence-electron chi connectivity index (χ1n) is 7.87. The maximum atomic E-state index is 12.8. The van der Waals surface area contributed by atoms with Crippen LogP contribution in [0.5, 0.6) is 0 Å². The summed E-state index contributed by atoms with van der Waals surface area (Å²) >= 11 is 0. The third-order valence-corrected chi connectivity index (χ3v) is 4.07. The molecule has 0 aliphatic carbocycles. The minimum Gasteiger partial charge on any atom is -0.358 e. The summed E-state index contributed by atoms with van der Waals surface area (Å²) in [6, 6.07) is 9.59. The number of nitrogens with one attached hydrogen (secondary N) is 1. The second kappa shape index (κ2) is 7.40. The largest absolute Gasteiger partial charge is 0.358 e. The van der Waals surface area contributed by atoms with E-state index in [9.17, 15) is 9.59 Å². The SMILES string of the molecule is CNC(=O)[C@H]1CCCN1CC(=O)N(c1ccccc1)C(C)C. The Kier molecular flexibility index (Phi) is 5.55. The second-order valence-corrected chi connectivity index (χ2v) is 5.94. The molecule has 2 rings (SSSR count). The summed E-state index contributed by atoms with van der Waals surface area (Å²) < 4.78 is 0. The lowest BCUT2D eigenvalue weighted by atomic mass is 10.2. The number of nitrogens with zero attached hydrogens (tertiary/aromatic N) is 2. The summed E-state index contributed by atoms with van der Waals surface area (Å²) in [5.41, 5.74) is 0.901. The van der Waals surface area contributed by atoms with E-state index in [1.807, 2.05) is 49.1 Å². The lowest BCUT2D eigenvalue weighted by molar-refractivity contribution is -0.126. The fourth-order valence-corrected chi connectivity index (χ4v) is 3.05. The number of carbonyl (C=O) groups is 2. The van der Waals surface area contributed by atoms with Gasteiger partial charge in [-0.25, -0.2) is 0 Å². The van der Waals surface area contributed by atoms with Crippen molar-refractivity contribution in [3.63, 3.8) is 0 Å². The van der Waals surface area contributed by atoms with E-state index in [4.69, 9.17) is 0 Å². The van der Waals surface area contributed by atoms with E-state index < -0.39 is 0 Å². The Morgan fingerprint density at radius 3 is 2.59 bits per heavy atom. The molecule has 22 heavy (non-hydrogen) atoms. The smallest absolute Gasteiger partial charge is 0.241 e. The van der Waals surface area contributed by atoms with Crippen molar-refractivity contribution in [3.8, 4) is 0 Å². The third kappa shape index (κ3) is 3.65. The molecule has 0 aromatic heterocycles. The monoisotopic (exact) mass is 303 g/mol. The van der Waals surface area contributed by atoms with Crippen molar-refractivity contribution in [2.75, 3.05) is 25.0 Å². The van der Waals surface area contributed by atoms with Gasteiger partial charge in [0.15, 0.2) is 0 Å². The molecule has 1 fully saturated rings. The molecule has 1 aromatic carbocycles. The number of carbonyl (C=O) groups excluding carboxylic acids is 2. The Morgan fingerprint density at radius 2 is 2.00 bits per heavy atom. The summed E-state index contributed by atoms with van der Waals surface area (Å²) in [5.74, 6) is 0.0399. The fourth-order valence-electron chi connectivity index (χ4n) is 3.05. The Morgan fingerprint density at radius 1 is 1.32 bits per heavy atom. The summed E-state index contributed by atoms with van der Waals surface area (Å²) in [6.07, 6.45) is 1.78. The highest BCUT2D eigenvalue weighted by atomic mass is 16.2. The van der Waals surface area contributed by atoms with Crippen molar-refractivity contribution in [1.82, 2.24) is 10.2 Å². The molecule has 1 N–H and O–H groups in total. The van der Waals surface area contributed by atoms with Crippen LogP contribution in [0.3, 0.4) is 0 Å². The van der Waals surface area contributed by atoms with Gasteiger partial charge in [0.25, 0.3) is 0 Å². The summed E-state index contributed by atoms with van der Waals surface area (Å²) in [5, 5.41) is 2.69. The van der Waals surface area contributed by atoms with Gasteiger partial charge in [-0.3, -0.25) is 14.5 Å². The van der Waals surface area contributed by atoms with Crippen molar-refractivity contribution in [2.45, 2.75) is 38.8 Å². The van der Waals surface area contributed by atoms with Gasteiger partial charge in [0, 0.05) is 18.8 Å². The van der Waals surface area contributed by atoms with E-state index in [1.54, 1.807) is 11.9 Å². The number of rotatable bonds is 5. The lowest BCUT2D eigenvalue weighted by Crippen LogP contribution is -2.48. The van der Waals surface area contributed by atoms with Crippen LogP contribution in [-0.4, -0.2) is 48.9 Å². The molecule has 0 radical (unpaired) electrons. The molecule has 1 atom stereocenters. The van der Waals surface area contributed by atoms with Gasteiger partial charge in [0.05, 0.1) is 12.6 Å². The second-order valence-electron chi connectivity index (χ2n) is 5.94. The highest BCUT2D eigenvalue weighted by Crippen LogP contribution is 2.20. The van der Waals surface area contributed by atoms with Crippen LogP contribution >= 0.6 is 0 Å². The standard InChI is InChI=1S/C17H25N3O2/c1-13(2)20(14-8-5-4-6-9-14)16(21)12-19-11-7-10-15(19)17(22)18-3/h4-6,8-9,13,15H,7,10-12H2,1-3H3,(H,18,22)/t15-/m1/s1. The number of anilines is 1. The molecule has 0 bridgehead atoms. The Bertz CT molecular complexity index is 516. The van der Waals surface area contributed by atoms with Crippen LogP contribution in [-0.2, 0) is 9.59 Å². The van der Waals surface area contributed by atoms with Crippen LogP contribution in [0.1, 0.15) is 26.7 Å². The Hall–Kier alpha value is -1.88. The van der Waals surface area contributed by atoms with Gasteiger partial charge in [0.2, 0.25) is 11.8 Å². The highest BCUT2D eigenvalue weighted by molar-refractivity contribution is 5.95. The number of likely N-dealkylation sites (tertiary alicyclic amines) is 1. The predicted octanol–water partition coefficient (Wildman–Crippen LogP) is 1.64. The number of benzene rings is 1. The molecule has 1 heterocycles. The molecule has 0 spiro atoms. The first kappa shape index (κ1) is 16.5. The van der Waals surface area contributed by atoms with Crippen molar-refractivity contribution in [1.29, 1.82) is 0 Å². The van der Waals surface area contributed by atoms with E-state index in [-0.39, 0.29) is 30.4 Å². The zero-order chi connectivity index (χ0) is 16.1. The molecule has 0 saturated carbocycles. The molecule has 5 nitrogen and oxygen atoms in total. The van der Waals surface area contributed by atoms with E-state index >= 15 is 0 Å². The number of hydrogen-bond donors (Lipinski definition) is 1.